The summed E-state index contributed by atoms with van der Waals surface area (Å²) in [6.45, 7) is 2.80. The number of fused-ring (bicyclic) bond motifs is 1. The van der Waals surface area contributed by atoms with Gasteiger partial charge in [-0.1, -0.05) is 42.5 Å². The molecule has 31 heavy (non-hydrogen) atoms. The van der Waals surface area contributed by atoms with Crippen LogP contribution in [0.25, 0.3) is 5.65 Å². The van der Waals surface area contributed by atoms with Gasteiger partial charge in [0, 0.05) is 19.5 Å². The minimum atomic E-state index is -3.58. The summed E-state index contributed by atoms with van der Waals surface area (Å²) in [6, 6.07) is 20.7. The summed E-state index contributed by atoms with van der Waals surface area (Å²) in [5, 5.41) is 16.1. The summed E-state index contributed by atoms with van der Waals surface area (Å²) in [5.41, 5.74) is 2.76. The van der Waals surface area contributed by atoms with E-state index in [1.165, 1.54) is 5.56 Å². The Labute approximate surface area is 181 Å². The molecule has 0 aliphatic rings. The number of hydrogen-bond donors (Lipinski definition) is 2. The molecule has 2 N–H and O–H groups in total. The summed E-state index contributed by atoms with van der Waals surface area (Å²) in [4.78, 5) is 0.252. The predicted octanol–water partition coefficient (Wildman–Crippen LogP) is 2.61. The van der Waals surface area contributed by atoms with Crippen molar-refractivity contribution >= 4 is 21.5 Å². The molecule has 4 aromatic rings. The van der Waals surface area contributed by atoms with Gasteiger partial charge in [-0.3, -0.25) is 0 Å². The fraction of sp³-hybridized carbons (Fsp3) is 0.227. The van der Waals surface area contributed by atoms with Gasteiger partial charge in [-0.25, -0.2) is 13.1 Å². The van der Waals surface area contributed by atoms with Gasteiger partial charge in [0.25, 0.3) is 0 Å². The smallest absolute Gasteiger partial charge is 0.240 e. The second kappa shape index (κ2) is 9.23. The number of hydrogen-bond acceptors (Lipinski definition) is 6. The van der Waals surface area contributed by atoms with Gasteiger partial charge in [0.1, 0.15) is 5.82 Å². The first kappa shape index (κ1) is 21.0. The lowest BCUT2D eigenvalue weighted by Crippen LogP contribution is -2.26. The third kappa shape index (κ3) is 5.25. The average Bonchev–Trinajstić information content (AvgIpc) is 3.17. The van der Waals surface area contributed by atoms with Crippen LogP contribution in [0.2, 0.25) is 0 Å². The van der Waals surface area contributed by atoms with Crippen molar-refractivity contribution in [2.75, 3.05) is 18.4 Å². The Hall–Kier alpha value is -3.30. The number of rotatable bonds is 9. The maximum absolute atomic E-state index is 12.5. The molecule has 0 unspecified atom stereocenters. The fourth-order valence-electron chi connectivity index (χ4n) is 3.23. The summed E-state index contributed by atoms with van der Waals surface area (Å²) >= 11 is 0. The minimum absolute atomic E-state index is 0.199. The number of aromatic nitrogens is 4. The lowest BCUT2D eigenvalue weighted by atomic mass is 10.1. The molecule has 0 saturated heterocycles. The summed E-state index contributed by atoms with van der Waals surface area (Å²) < 4.78 is 29.2. The molecule has 0 saturated carbocycles. The zero-order valence-corrected chi connectivity index (χ0v) is 18.0. The Morgan fingerprint density at radius 1 is 0.903 bits per heavy atom. The molecule has 2 heterocycles. The van der Waals surface area contributed by atoms with Gasteiger partial charge in [-0.05, 0) is 48.7 Å². The molecule has 0 spiro atoms. The molecular weight excluding hydrogens is 412 g/mol. The third-order valence-corrected chi connectivity index (χ3v) is 6.29. The van der Waals surface area contributed by atoms with Crippen LogP contribution >= 0.6 is 0 Å². The molecule has 0 amide bonds. The number of aryl methyl sites for hydroxylation is 1. The van der Waals surface area contributed by atoms with Crippen LogP contribution in [0.15, 0.2) is 71.6 Å². The standard InChI is InChI=1S/C22H24N6O2S/c1-17-6-5-9-19(16-17)31(29,30)24-15-13-22-26-25-21-11-10-20(27-28(21)22)23-14-12-18-7-3-2-4-8-18/h2-11,16,24H,12-15H2,1H3,(H,23,27). The fourth-order valence-corrected chi connectivity index (χ4v) is 4.36. The molecule has 160 valence electrons. The van der Waals surface area contributed by atoms with E-state index in [1.54, 1.807) is 22.7 Å². The quantitative estimate of drug-likeness (QED) is 0.418. The zero-order valence-electron chi connectivity index (χ0n) is 17.2. The second-order valence-corrected chi connectivity index (χ2v) is 9.00. The molecule has 0 atom stereocenters. The first-order valence-electron chi connectivity index (χ1n) is 10.1. The Kier molecular flexibility index (Phi) is 6.24. The van der Waals surface area contributed by atoms with Crippen LogP contribution in [0.1, 0.15) is 17.0 Å². The van der Waals surface area contributed by atoms with Crippen LogP contribution in [0.4, 0.5) is 5.82 Å². The van der Waals surface area contributed by atoms with Crippen LogP contribution in [0.3, 0.4) is 0 Å². The molecule has 0 aliphatic heterocycles. The average molecular weight is 437 g/mol. The lowest BCUT2D eigenvalue weighted by molar-refractivity contribution is 0.580. The molecule has 0 fully saturated rings. The van der Waals surface area contributed by atoms with E-state index in [1.807, 2.05) is 43.3 Å². The van der Waals surface area contributed by atoms with E-state index in [0.717, 1.165) is 18.5 Å². The Bertz CT molecular complexity index is 1270. The molecule has 0 bridgehead atoms. The minimum Gasteiger partial charge on any atom is -0.368 e. The largest absolute Gasteiger partial charge is 0.368 e. The highest BCUT2D eigenvalue weighted by Crippen LogP contribution is 2.11. The van der Waals surface area contributed by atoms with Crippen molar-refractivity contribution < 1.29 is 8.42 Å². The number of benzene rings is 2. The highest BCUT2D eigenvalue weighted by atomic mass is 32.2. The topological polar surface area (TPSA) is 101 Å². The first-order valence-corrected chi connectivity index (χ1v) is 11.5. The number of sulfonamides is 1. The normalized spacial score (nSPS) is 11.6. The first-order chi connectivity index (χ1) is 15.0. The Balaban J connectivity index is 1.38. The van der Waals surface area contributed by atoms with Gasteiger partial charge < -0.3 is 5.32 Å². The molecular formula is C22H24N6O2S. The molecule has 0 aliphatic carbocycles. The highest BCUT2D eigenvalue weighted by Gasteiger charge is 2.15. The third-order valence-electron chi connectivity index (χ3n) is 4.83. The predicted molar refractivity (Wildman–Crippen MR) is 119 cm³/mol. The van der Waals surface area contributed by atoms with E-state index >= 15 is 0 Å². The van der Waals surface area contributed by atoms with Gasteiger partial charge in [-0.2, -0.15) is 4.52 Å². The maximum atomic E-state index is 12.5. The number of anilines is 1. The number of nitrogens with zero attached hydrogens (tertiary/aromatic N) is 4. The SMILES string of the molecule is Cc1cccc(S(=O)(=O)NCCc2nnc3ccc(NCCc4ccccc4)nn23)c1. The summed E-state index contributed by atoms with van der Waals surface area (Å²) in [5.74, 6) is 1.30. The van der Waals surface area contributed by atoms with Crippen LogP contribution in [-0.4, -0.2) is 41.3 Å². The van der Waals surface area contributed by atoms with Crippen LogP contribution in [0.5, 0.6) is 0 Å². The molecule has 4 rings (SSSR count). The molecule has 0 radical (unpaired) electrons. The summed E-state index contributed by atoms with van der Waals surface area (Å²) in [7, 11) is -3.58. The summed E-state index contributed by atoms with van der Waals surface area (Å²) in [6.07, 6.45) is 1.25. The van der Waals surface area contributed by atoms with Crippen molar-refractivity contribution in [3.8, 4) is 0 Å². The monoisotopic (exact) mass is 436 g/mol. The van der Waals surface area contributed by atoms with Crippen LogP contribution in [0, 0.1) is 6.92 Å². The van der Waals surface area contributed by atoms with E-state index < -0.39 is 10.0 Å². The van der Waals surface area contributed by atoms with Crippen LogP contribution < -0.4 is 10.0 Å². The van der Waals surface area contributed by atoms with Crippen molar-refractivity contribution in [3.05, 3.63) is 83.7 Å². The number of nitrogens with one attached hydrogen (secondary N) is 2. The Morgan fingerprint density at radius 3 is 2.55 bits per heavy atom. The van der Waals surface area contributed by atoms with Crippen LogP contribution in [-0.2, 0) is 22.9 Å². The van der Waals surface area contributed by atoms with Gasteiger partial charge in [0.15, 0.2) is 11.5 Å². The van der Waals surface area contributed by atoms with Crippen molar-refractivity contribution in [1.29, 1.82) is 0 Å². The van der Waals surface area contributed by atoms with Crippen molar-refractivity contribution in [2.45, 2.75) is 24.7 Å². The van der Waals surface area contributed by atoms with E-state index in [4.69, 9.17) is 0 Å². The van der Waals surface area contributed by atoms with Crippen molar-refractivity contribution in [1.82, 2.24) is 24.5 Å². The highest BCUT2D eigenvalue weighted by molar-refractivity contribution is 7.89. The van der Waals surface area contributed by atoms with Gasteiger partial charge in [0.05, 0.1) is 4.90 Å². The van der Waals surface area contributed by atoms with Crippen molar-refractivity contribution in [3.63, 3.8) is 0 Å². The van der Waals surface area contributed by atoms with Crippen molar-refractivity contribution in [2.24, 2.45) is 0 Å². The van der Waals surface area contributed by atoms with E-state index in [0.29, 0.717) is 23.7 Å². The molecule has 2 aromatic carbocycles. The molecule has 2 aromatic heterocycles. The van der Waals surface area contributed by atoms with E-state index in [9.17, 15) is 8.42 Å². The van der Waals surface area contributed by atoms with Gasteiger partial charge in [0.2, 0.25) is 10.0 Å². The van der Waals surface area contributed by atoms with Gasteiger partial charge >= 0.3 is 0 Å². The molecule has 8 nitrogen and oxygen atoms in total. The van der Waals surface area contributed by atoms with E-state index in [2.05, 4.69) is 37.5 Å². The maximum Gasteiger partial charge on any atom is 0.240 e. The zero-order chi connectivity index (χ0) is 21.7. The Morgan fingerprint density at radius 2 is 1.74 bits per heavy atom. The van der Waals surface area contributed by atoms with E-state index in [-0.39, 0.29) is 11.4 Å². The molecule has 9 heteroatoms. The second-order valence-electron chi connectivity index (χ2n) is 7.23. The lowest BCUT2D eigenvalue weighted by Gasteiger charge is -2.08. The van der Waals surface area contributed by atoms with Gasteiger partial charge in [-0.15, -0.1) is 15.3 Å².